The molecule has 1 N–H and O–H groups in total. The number of likely N-dealkylation sites (N-methyl/N-ethyl adjacent to an activating group) is 1. The van der Waals surface area contributed by atoms with Gasteiger partial charge in [0.2, 0.25) is 5.91 Å². The SMILES string of the molecule is CCN(CCC(=O)O)C(=O)/C=C/c1ccccc1. The third-order valence-electron chi connectivity index (χ3n) is 2.51. The minimum absolute atomic E-state index is 0.0290. The molecule has 1 aromatic rings. The van der Waals surface area contributed by atoms with Crippen molar-refractivity contribution in [2.24, 2.45) is 0 Å². The van der Waals surface area contributed by atoms with Crippen LogP contribution in [0.4, 0.5) is 0 Å². The van der Waals surface area contributed by atoms with Crippen molar-refractivity contribution < 1.29 is 14.7 Å². The number of rotatable bonds is 6. The molecular formula is C14H17NO3. The van der Waals surface area contributed by atoms with Gasteiger partial charge < -0.3 is 10.0 Å². The van der Waals surface area contributed by atoms with Crippen LogP contribution in [0.2, 0.25) is 0 Å². The second-order valence-electron chi connectivity index (χ2n) is 3.81. The normalized spacial score (nSPS) is 10.5. The summed E-state index contributed by atoms with van der Waals surface area (Å²) in [7, 11) is 0. The number of carbonyl (C=O) groups is 2. The molecule has 1 rings (SSSR count). The van der Waals surface area contributed by atoms with Crippen molar-refractivity contribution >= 4 is 18.0 Å². The number of hydrogen-bond donors (Lipinski definition) is 1. The number of carbonyl (C=O) groups excluding carboxylic acids is 1. The average Bonchev–Trinajstić information content (AvgIpc) is 2.38. The fraction of sp³-hybridized carbons (Fsp3) is 0.286. The van der Waals surface area contributed by atoms with Crippen LogP contribution in [-0.4, -0.2) is 35.0 Å². The molecule has 4 heteroatoms. The lowest BCUT2D eigenvalue weighted by molar-refractivity contribution is -0.137. The van der Waals surface area contributed by atoms with E-state index in [2.05, 4.69) is 0 Å². The molecule has 0 heterocycles. The number of carboxylic acids is 1. The highest BCUT2D eigenvalue weighted by atomic mass is 16.4. The molecule has 0 radical (unpaired) electrons. The Morgan fingerprint density at radius 1 is 1.28 bits per heavy atom. The van der Waals surface area contributed by atoms with Crippen molar-refractivity contribution in [3.05, 3.63) is 42.0 Å². The second kappa shape index (κ2) is 7.27. The zero-order valence-corrected chi connectivity index (χ0v) is 10.4. The van der Waals surface area contributed by atoms with Gasteiger partial charge in [0.15, 0.2) is 0 Å². The summed E-state index contributed by atoms with van der Waals surface area (Å²) in [6.45, 7) is 2.57. The predicted molar refractivity (Wildman–Crippen MR) is 70.0 cm³/mol. The standard InChI is InChI=1S/C14H17NO3/c1-2-15(11-10-14(17)18)13(16)9-8-12-6-4-3-5-7-12/h3-9H,2,10-11H2,1H3,(H,17,18)/b9-8+. The topological polar surface area (TPSA) is 57.6 Å². The molecule has 4 nitrogen and oxygen atoms in total. The molecule has 0 aliphatic heterocycles. The largest absolute Gasteiger partial charge is 0.481 e. The predicted octanol–water partition coefficient (Wildman–Crippen LogP) is 2.02. The number of amides is 1. The van der Waals surface area contributed by atoms with Crippen LogP contribution in [-0.2, 0) is 9.59 Å². The van der Waals surface area contributed by atoms with Gasteiger partial charge in [-0.05, 0) is 18.6 Å². The zero-order chi connectivity index (χ0) is 13.4. The van der Waals surface area contributed by atoms with Gasteiger partial charge in [0.1, 0.15) is 0 Å². The molecule has 0 spiro atoms. The van der Waals surface area contributed by atoms with Gasteiger partial charge in [0.05, 0.1) is 6.42 Å². The van der Waals surface area contributed by atoms with E-state index in [1.165, 1.54) is 11.0 Å². The van der Waals surface area contributed by atoms with E-state index < -0.39 is 5.97 Å². The summed E-state index contributed by atoms with van der Waals surface area (Å²) in [5.41, 5.74) is 0.945. The second-order valence-corrected chi connectivity index (χ2v) is 3.81. The Morgan fingerprint density at radius 2 is 1.94 bits per heavy atom. The third kappa shape index (κ3) is 4.82. The molecule has 1 amide bonds. The van der Waals surface area contributed by atoms with E-state index >= 15 is 0 Å². The van der Waals surface area contributed by atoms with E-state index in [0.29, 0.717) is 6.54 Å². The minimum atomic E-state index is -0.895. The first-order chi connectivity index (χ1) is 8.63. The summed E-state index contributed by atoms with van der Waals surface area (Å²) in [5, 5.41) is 8.59. The smallest absolute Gasteiger partial charge is 0.305 e. The summed E-state index contributed by atoms with van der Waals surface area (Å²) in [6, 6.07) is 9.50. The highest BCUT2D eigenvalue weighted by molar-refractivity contribution is 5.91. The molecule has 0 aromatic heterocycles. The molecule has 18 heavy (non-hydrogen) atoms. The van der Waals surface area contributed by atoms with Crippen molar-refractivity contribution in [3.63, 3.8) is 0 Å². The van der Waals surface area contributed by atoms with Crippen molar-refractivity contribution in [2.75, 3.05) is 13.1 Å². The van der Waals surface area contributed by atoms with Crippen LogP contribution < -0.4 is 0 Å². The van der Waals surface area contributed by atoms with Gasteiger partial charge in [-0.3, -0.25) is 9.59 Å². The molecular weight excluding hydrogens is 230 g/mol. The van der Waals surface area contributed by atoms with Gasteiger partial charge in [-0.15, -0.1) is 0 Å². The fourth-order valence-electron chi connectivity index (χ4n) is 1.49. The van der Waals surface area contributed by atoms with Gasteiger partial charge in [-0.1, -0.05) is 30.3 Å². The van der Waals surface area contributed by atoms with Gasteiger partial charge in [0, 0.05) is 19.2 Å². The summed E-state index contributed by atoms with van der Waals surface area (Å²) >= 11 is 0. The molecule has 0 aliphatic carbocycles. The number of carboxylic acid groups (broad SMARTS) is 1. The molecule has 0 bridgehead atoms. The third-order valence-corrected chi connectivity index (χ3v) is 2.51. The minimum Gasteiger partial charge on any atom is -0.481 e. The Labute approximate surface area is 107 Å². The summed E-state index contributed by atoms with van der Waals surface area (Å²) in [5.74, 6) is -1.06. The first kappa shape index (κ1) is 14.0. The van der Waals surface area contributed by atoms with Crippen LogP contribution in [0.5, 0.6) is 0 Å². The van der Waals surface area contributed by atoms with E-state index in [4.69, 9.17) is 5.11 Å². The van der Waals surface area contributed by atoms with Gasteiger partial charge in [-0.2, -0.15) is 0 Å². The number of hydrogen-bond acceptors (Lipinski definition) is 2. The first-order valence-electron chi connectivity index (χ1n) is 5.87. The van der Waals surface area contributed by atoms with Crippen LogP contribution in [0.15, 0.2) is 36.4 Å². The monoisotopic (exact) mass is 247 g/mol. The van der Waals surface area contributed by atoms with Gasteiger partial charge in [-0.25, -0.2) is 0 Å². The van der Waals surface area contributed by atoms with E-state index in [9.17, 15) is 9.59 Å². The summed E-state index contributed by atoms with van der Waals surface area (Å²) < 4.78 is 0. The first-order valence-corrected chi connectivity index (χ1v) is 5.87. The van der Waals surface area contributed by atoms with Crippen molar-refractivity contribution in [2.45, 2.75) is 13.3 Å². The molecule has 0 unspecified atom stereocenters. The quantitative estimate of drug-likeness (QED) is 0.782. The van der Waals surface area contributed by atoms with Crippen molar-refractivity contribution in [1.82, 2.24) is 4.90 Å². The van der Waals surface area contributed by atoms with E-state index in [0.717, 1.165) is 5.56 Å². The maximum Gasteiger partial charge on any atom is 0.305 e. The molecule has 0 atom stereocenters. The summed E-state index contributed by atoms with van der Waals surface area (Å²) in [6.07, 6.45) is 3.17. The molecule has 96 valence electrons. The Morgan fingerprint density at radius 3 is 2.50 bits per heavy atom. The number of aliphatic carboxylic acids is 1. The van der Waals surface area contributed by atoms with Crippen LogP contribution in [0, 0.1) is 0 Å². The fourth-order valence-corrected chi connectivity index (χ4v) is 1.49. The molecule has 1 aromatic carbocycles. The maximum atomic E-state index is 11.8. The zero-order valence-electron chi connectivity index (χ0n) is 10.4. The van der Waals surface area contributed by atoms with Gasteiger partial charge in [0.25, 0.3) is 0 Å². The molecule has 0 saturated carbocycles. The Kier molecular flexibility index (Phi) is 5.64. The lowest BCUT2D eigenvalue weighted by Crippen LogP contribution is -2.31. The van der Waals surface area contributed by atoms with Crippen LogP contribution in [0.25, 0.3) is 6.08 Å². The maximum absolute atomic E-state index is 11.8. The lowest BCUT2D eigenvalue weighted by Gasteiger charge is -2.17. The van der Waals surface area contributed by atoms with Crippen LogP contribution >= 0.6 is 0 Å². The van der Waals surface area contributed by atoms with E-state index in [1.807, 2.05) is 37.3 Å². The molecule has 0 saturated heterocycles. The highest BCUT2D eigenvalue weighted by Crippen LogP contribution is 2.02. The van der Waals surface area contributed by atoms with Crippen molar-refractivity contribution in [3.8, 4) is 0 Å². The number of benzene rings is 1. The van der Waals surface area contributed by atoms with Crippen LogP contribution in [0.1, 0.15) is 18.9 Å². The summed E-state index contributed by atoms with van der Waals surface area (Å²) in [4.78, 5) is 23.8. The Balaban J connectivity index is 2.57. The van der Waals surface area contributed by atoms with Crippen LogP contribution in [0.3, 0.4) is 0 Å². The van der Waals surface area contributed by atoms with E-state index in [1.54, 1.807) is 6.08 Å². The molecule has 0 fully saturated rings. The molecule has 0 aliphatic rings. The lowest BCUT2D eigenvalue weighted by atomic mass is 10.2. The van der Waals surface area contributed by atoms with Crippen molar-refractivity contribution in [1.29, 1.82) is 0 Å². The van der Waals surface area contributed by atoms with E-state index in [-0.39, 0.29) is 18.9 Å². The van der Waals surface area contributed by atoms with Gasteiger partial charge >= 0.3 is 5.97 Å². The number of nitrogens with zero attached hydrogens (tertiary/aromatic N) is 1. The highest BCUT2D eigenvalue weighted by Gasteiger charge is 2.09. The average molecular weight is 247 g/mol. The Hall–Kier alpha value is -2.10. The Bertz CT molecular complexity index is 426.